The first-order valence-electron chi connectivity index (χ1n) is 4.96. The third-order valence-corrected chi connectivity index (χ3v) is 2.00. The fraction of sp³-hybridized carbons (Fsp3) is 0.556. The van der Waals surface area contributed by atoms with E-state index in [0.717, 1.165) is 0 Å². The van der Waals surface area contributed by atoms with Crippen LogP contribution in [0.3, 0.4) is 0 Å². The van der Waals surface area contributed by atoms with Gasteiger partial charge in [0.15, 0.2) is 0 Å². The molecule has 0 aliphatic rings. The van der Waals surface area contributed by atoms with Crippen molar-refractivity contribution in [3.63, 3.8) is 0 Å². The van der Waals surface area contributed by atoms with E-state index < -0.39 is 42.3 Å². The van der Waals surface area contributed by atoms with Crippen LogP contribution in [0, 0.1) is 0 Å². The SMILES string of the molecule is N[C@@H](CCC(=O)O)C(=O)N[C@H](CC(=O)O)C(=O)O. The highest BCUT2D eigenvalue weighted by atomic mass is 16.4. The summed E-state index contributed by atoms with van der Waals surface area (Å²) in [7, 11) is 0. The van der Waals surface area contributed by atoms with Gasteiger partial charge in [-0.05, 0) is 6.42 Å². The van der Waals surface area contributed by atoms with E-state index in [4.69, 9.17) is 21.1 Å². The number of carboxylic acid groups (broad SMARTS) is 3. The molecule has 0 rings (SSSR count). The number of rotatable bonds is 8. The normalized spacial score (nSPS) is 13.4. The Morgan fingerprint density at radius 2 is 1.61 bits per heavy atom. The summed E-state index contributed by atoms with van der Waals surface area (Å²) in [5.74, 6) is -4.93. The molecule has 0 aliphatic carbocycles. The van der Waals surface area contributed by atoms with E-state index in [1.807, 2.05) is 5.32 Å². The van der Waals surface area contributed by atoms with E-state index in [1.54, 1.807) is 0 Å². The van der Waals surface area contributed by atoms with Crippen LogP contribution >= 0.6 is 0 Å². The van der Waals surface area contributed by atoms with Gasteiger partial charge in [-0.1, -0.05) is 0 Å². The molecule has 2 atom stereocenters. The molecule has 9 heteroatoms. The van der Waals surface area contributed by atoms with Gasteiger partial charge < -0.3 is 26.4 Å². The molecule has 0 aromatic carbocycles. The molecule has 0 bridgehead atoms. The van der Waals surface area contributed by atoms with Crippen molar-refractivity contribution in [1.82, 2.24) is 5.32 Å². The Labute approximate surface area is 102 Å². The molecule has 0 unspecified atom stereocenters. The zero-order valence-electron chi connectivity index (χ0n) is 9.33. The van der Waals surface area contributed by atoms with Crippen molar-refractivity contribution in [1.29, 1.82) is 0 Å². The number of nitrogens with one attached hydrogen (secondary N) is 1. The predicted octanol–water partition coefficient (Wildman–Crippen LogP) is -1.78. The van der Waals surface area contributed by atoms with Crippen molar-refractivity contribution in [2.24, 2.45) is 5.73 Å². The number of aliphatic carboxylic acids is 3. The van der Waals surface area contributed by atoms with E-state index in [1.165, 1.54) is 0 Å². The molecule has 0 fully saturated rings. The fourth-order valence-corrected chi connectivity index (χ4v) is 1.06. The maximum Gasteiger partial charge on any atom is 0.326 e. The highest BCUT2D eigenvalue weighted by molar-refractivity contribution is 5.89. The molecule has 0 saturated carbocycles. The Kier molecular flexibility index (Phi) is 6.35. The first kappa shape index (κ1) is 15.8. The summed E-state index contributed by atoms with van der Waals surface area (Å²) in [5, 5.41) is 27.4. The number of amides is 1. The van der Waals surface area contributed by atoms with Crippen LogP contribution in [0.2, 0.25) is 0 Å². The van der Waals surface area contributed by atoms with Crippen LogP contribution in [0.15, 0.2) is 0 Å². The zero-order valence-corrected chi connectivity index (χ0v) is 9.33. The number of carbonyl (C=O) groups is 4. The molecule has 6 N–H and O–H groups in total. The van der Waals surface area contributed by atoms with Crippen LogP contribution in [0.1, 0.15) is 19.3 Å². The number of hydrogen-bond acceptors (Lipinski definition) is 5. The summed E-state index contributed by atoms with van der Waals surface area (Å²) in [4.78, 5) is 42.6. The van der Waals surface area contributed by atoms with Gasteiger partial charge in [0.25, 0.3) is 0 Å². The minimum Gasteiger partial charge on any atom is -0.481 e. The monoisotopic (exact) mass is 262 g/mol. The van der Waals surface area contributed by atoms with E-state index in [-0.39, 0.29) is 12.8 Å². The lowest BCUT2D eigenvalue weighted by molar-refractivity contribution is -0.147. The maximum atomic E-state index is 11.4. The van der Waals surface area contributed by atoms with E-state index >= 15 is 0 Å². The van der Waals surface area contributed by atoms with Crippen LogP contribution in [-0.2, 0) is 19.2 Å². The van der Waals surface area contributed by atoms with Crippen LogP contribution in [-0.4, -0.2) is 51.2 Å². The smallest absolute Gasteiger partial charge is 0.326 e. The number of carbonyl (C=O) groups excluding carboxylic acids is 1. The van der Waals surface area contributed by atoms with E-state index in [2.05, 4.69) is 0 Å². The van der Waals surface area contributed by atoms with Crippen LogP contribution in [0.5, 0.6) is 0 Å². The molecule has 9 nitrogen and oxygen atoms in total. The lowest BCUT2D eigenvalue weighted by atomic mass is 10.1. The summed E-state index contributed by atoms with van der Waals surface area (Å²) >= 11 is 0. The molecule has 1 amide bonds. The third-order valence-electron chi connectivity index (χ3n) is 2.00. The maximum absolute atomic E-state index is 11.4. The van der Waals surface area contributed by atoms with Crippen molar-refractivity contribution in [2.75, 3.05) is 0 Å². The molecule has 0 heterocycles. The van der Waals surface area contributed by atoms with Gasteiger partial charge in [-0.2, -0.15) is 0 Å². The molecule has 0 saturated heterocycles. The van der Waals surface area contributed by atoms with E-state index in [9.17, 15) is 19.2 Å². The second-order valence-corrected chi connectivity index (χ2v) is 3.54. The lowest BCUT2D eigenvalue weighted by Gasteiger charge is -2.15. The summed E-state index contributed by atoms with van der Waals surface area (Å²) < 4.78 is 0. The number of carboxylic acids is 3. The van der Waals surface area contributed by atoms with Gasteiger partial charge in [-0.3, -0.25) is 14.4 Å². The van der Waals surface area contributed by atoms with Crippen molar-refractivity contribution in [3.8, 4) is 0 Å². The molecule has 0 radical (unpaired) electrons. The Morgan fingerprint density at radius 3 is 2.00 bits per heavy atom. The van der Waals surface area contributed by atoms with Gasteiger partial charge in [-0.15, -0.1) is 0 Å². The Bertz CT molecular complexity index is 355. The highest BCUT2D eigenvalue weighted by Crippen LogP contribution is 1.98. The van der Waals surface area contributed by atoms with Crippen LogP contribution in [0.4, 0.5) is 0 Å². The average Bonchev–Trinajstić information content (AvgIpc) is 2.23. The van der Waals surface area contributed by atoms with Gasteiger partial charge in [0.05, 0.1) is 12.5 Å². The highest BCUT2D eigenvalue weighted by Gasteiger charge is 2.25. The molecule has 102 valence electrons. The summed E-state index contributed by atoms with van der Waals surface area (Å²) in [6.45, 7) is 0. The predicted molar refractivity (Wildman–Crippen MR) is 56.7 cm³/mol. The zero-order chi connectivity index (χ0) is 14.3. The molecule has 18 heavy (non-hydrogen) atoms. The van der Waals surface area contributed by atoms with Crippen LogP contribution in [0.25, 0.3) is 0 Å². The summed E-state index contributed by atoms with van der Waals surface area (Å²) in [5.41, 5.74) is 5.33. The first-order valence-corrected chi connectivity index (χ1v) is 4.96. The minimum atomic E-state index is -1.59. The first-order chi connectivity index (χ1) is 8.23. The molecular formula is C9H14N2O7. The Morgan fingerprint density at radius 1 is 1.06 bits per heavy atom. The minimum absolute atomic E-state index is 0.166. The van der Waals surface area contributed by atoms with Crippen molar-refractivity contribution < 1.29 is 34.5 Å². The van der Waals surface area contributed by atoms with Crippen molar-refractivity contribution in [3.05, 3.63) is 0 Å². The van der Waals surface area contributed by atoms with Gasteiger partial charge in [0.1, 0.15) is 6.04 Å². The molecule has 0 aliphatic heterocycles. The van der Waals surface area contributed by atoms with Gasteiger partial charge in [0.2, 0.25) is 5.91 Å². The van der Waals surface area contributed by atoms with E-state index in [0.29, 0.717) is 0 Å². The second-order valence-electron chi connectivity index (χ2n) is 3.54. The number of hydrogen-bond donors (Lipinski definition) is 5. The van der Waals surface area contributed by atoms with Gasteiger partial charge in [-0.25, -0.2) is 4.79 Å². The van der Waals surface area contributed by atoms with Crippen molar-refractivity contribution >= 4 is 23.8 Å². The van der Waals surface area contributed by atoms with Gasteiger partial charge in [0, 0.05) is 6.42 Å². The Balaban J connectivity index is 4.36. The number of nitrogens with two attached hydrogens (primary N) is 1. The van der Waals surface area contributed by atoms with Crippen LogP contribution < -0.4 is 11.1 Å². The molecule has 0 aromatic rings. The third kappa shape index (κ3) is 6.43. The largest absolute Gasteiger partial charge is 0.481 e. The summed E-state index contributed by atoms with van der Waals surface area (Å²) in [6, 6.07) is -2.79. The summed E-state index contributed by atoms with van der Waals surface area (Å²) in [6.07, 6.45) is -1.29. The standard InChI is InChI=1S/C9H14N2O7/c10-4(1-2-6(12)13)8(16)11-5(9(17)18)3-7(14)15/h4-5H,1-3,10H2,(H,11,16)(H,12,13)(H,14,15)(H,17,18)/t4-,5+/m0/s1. The lowest BCUT2D eigenvalue weighted by Crippen LogP contribution is -2.49. The molecule has 0 aromatic heterocycles. The average molecular weight is 262 g/mol. The molecular weight excluding hydrogens is 248 g/mol. The topological polar surface area (TPSA) is 167 Å². The fourth-order valence-electron chi connectivity index (χ4n) is 1.06. The molecule has 0 spiro atoms. The van der Waals surface area contributed by atoms with Gasteiger partial charge >= 0.3 is 17.9 Å². The van der Waals surface area contributed by atoms with Crippen molar-refractivity contribution in [2.45, 2.75) is 31.3 Å². The second kappa shape index (κ2) is 7.22. The Hall–Kier alpha value is -2.16. The quantitative estimate of drug-likeness (QED) is 0.342.